The molecule has 23 heavy (non-hydrogen) atoms. The Morgan fingerprint density at radius 3 is 0.870 bits per heavy atom. The average molecular weight is 406 g/mol. The summed E-state index contributed by atoms with van der Waals surface area (Å²) in [5.74, 6) is 0. The van der Waals surface area contributed by atoms with Crippen LogP contribution in [0.15, 0.2) is 0 Å². The molecule has 0 amide bonds. The van der Waals surface area contributed by atoms with Crippen LogP contribution in [0.4, 0.5) is 26.3 Å². The first-order chi connectivity index (χ1) is 9.33. The van der Waals surface area contributed by atoms with Gasteiger partial charge in [-0.25, -0.2) is 0 Å². The van der Waals surface area contributed by atoms with Crippen molar-refractivity contribution in [1.82, 2.24) is 9.80 Å². The molecule has 2 N–H and O–H groups in total. The van der Waals surface area contributed by atoms with E-state index in [-0.39, 0.29) is 17.1 Å². The normalized spacial score (nSPS) is 17.7. The van der Waals surface area contributed by atoms with Crippen LogP contribution in [0.2, 0.25) is 0 Å². The second-order valence-corrected chi connectivity index (χ2v) is 6.02. The first-order valence-corrected chi connectivity index (χ1v) is 6.21. The molecule has 0 fully saturated rings. The number of rotatable bonds is 4. The molecular formula is C12H24CuF6N2O2. The summed E-state index contributed by atoms with van der Waals surface area (Å²) in [5.41, 5.74) is -5.23. The van der Waals surface area contributed by atoms with Crippen molar-refractivity contribution in [2.24, 2.45) is 0 Å². The van der Waals surface area contributed by atoms with Gasteiger partial charge in [0.1, 0.15) is 0 Å². The van der Waals surface area contributed by atoms with E-state index in [1.54, 1.807) is 0 Å². The standard InChI is InChI=1S/2C6H12F3NO.Cu/c2*1-5(11,4-10(2)3)6(7,8)9;/h2*11H,4H2,1-3H3;. The minimum atomic E-state index is -4.56. The fourth-order valence-corrected chi connectivity index (χ4v) is 1.41. The SMILES string of the molecule is CN(C)CC(C)(O)C(F)(F)F.CN(C)CC(C)(O)C(F)(F)F.[Cu]. The molecule has 0 rings (SSSR count). The maximum absolute atomic E-state index is 11.9. The molecule has 0 aliphatic heterocycles. The van der Waals surface area contributed by atoms with Crippen LogP contribution in [0.25, 0.3) is 0 Å². The van der Waals surface area contributed by atoms with E-state index >= 15 is 0 Å². The van der Waals surface area contributed by atoms with Gasteiger partial charge in [-0.3, -0.25) is 0 Å². The summed E-state index contributed by atoms with van der Waals surface area (Å²) in [6.07, 6.45) is -9.12. The van der Waals surface area contributed by atoms with Gasteiger partial charge in [-0.1, -0.05) is 0 Å². The summed E-state index contributed by atoms with van der Waals surface area (Å²) in [5, 5.41) is 17.7. The maximum Gasteiger partial charge on any atom is 0.418 e. The van der Waals surface area contributed by atoms with Gasteiger partial charge in [0.05, 0.1) is 0 Å². The third-order valence-corrected chi connectivity index (χ3v) is 2.47. The molecule has 0 saturated heterocycles. The van der Waals surface area contributed by atoms with Gasteiger partial charge in [0.15, 0.2) is 11.2 Å². The number of nitrogens with zero attached hydrogens (tertiary/aromatic N) is 2. The van der Waals surface area contributed by atoms with Crippen LogP contribution in [0.3, 0.4) is 0 Å². The van der Waals surface area contributed by atoms with Crippen molar-refractivity contribution in [2.45, 2.75) is 37.4 Å². The van der Waals surface area contributed by atoms with E-state index in [1.165, 1.54) is 38.0 Å². The van der Waals surface area contributed by atoms with Crippen LogP contribution in [0.5, 0.6) is 0 Å². The molecule has 0 aromatic rings. The van der Waals surface area contributed by atoms with Gasteiger partial charge in [0.25, 0.3) is 0 Å². The van der Waals surface area contributed by atoms with Crippen molar-refractivity contribution in [3.05, 3.63) is 0 Å². The van der Waals surface area contributed by atoms with Crippen molar-refractivity contribution in [3.63, 3.8) is 0 Å². The van der Waals surface area contributed by atoms with Gasteiger partial charge in [-0.2, -0.15) is 26.3 Å². The molecule has 0 heterocycles. The Morgan fingerprint density at radius 1 is 0.652 bits per heavy atom. The fourth-order valence-electron chi connectivity index (χ4n) is 1.41. The van der Waals surface area contributed by atoms with Gasteiger partial charge >= 0.3 is 12.4 Å². The minimum absolute atomic E-state index is 0. The summed E-state index contributed by atoms with van der Waals surface area (Å²) < 4.78 is 71.5. The molecule has 4 nitrogen and oxygen atoms in total. The molecule has 0 aromatic carbocycles. The molecule has 0 spiro atoms. The molecule has 1 radical (unpaired) electrons. The zero-order valence-corrected chi connectivity index (χ0v) is 14.7. The predicted molar refractivity (Wildman–Crippen MR) is 70.5 cm³/mol. The summed E-state index contributed by atoms with van der Waals surface area (Å²) in [6.45, 7) is 0.674. The van der Waals surface area contributed by atoms with E-state index in [9.17, 15) is 26.3 Å². The first-order valence-electron chi connectivity index (χ1n) is 6.21. The van der Waals surface area contributed by atoms with Crippen molar-refractivity contribution in [2.75, 3.05) is 41.3 Å². The molecule has 147 valence electrons. The Hall–Kier alpha value is -0.0605. The van der Waals surface area contributed by atoms with Crippen molar-refractivity contribution < 1.29 is 53.6 Å². The fraction of sp³-hybridized carbons (Fsp3) is 1.00. The van der Waals surface area contributed by atoms with Crippen LogP contribution in [0.1, 0.15) is 13.8 Å². The number of alkyl halides is 6. The van der Waals surface area contributed by atoms with Crippen molar-refractivity contribution in [1.29, 1.82) is 0 Å². The molecule has 2 atom stereocenters. The Kier molecular flexibility index (Phi) is 11.4. The van der Waals surface area contributed by atoms with Crippen LogP contribution in [-0.2, 0) is 17.1 Å². The smallest absolute Gasteiger partial charge is 0.380 e. The second kappa shape index (κ2) is 9.43. The van der Waals surface area contributed by atoms with E-state index in [4.69, 9.17) is 10.2 Å². The van der Waals surface area contributed by atoms with Crippen molar-refractivity contribution >= 4 is 0 Å². The number of aliphatic hydroxyl groups is 2. The molecular weight excluding hydrogens is 382 g/mol. The van der Waals surface area contributed by atoms with Crippen LogP contribution < -0.4 is 0 Å². The van der Waals surface area contributed by atoms with Gasteiger partial charge in [-0.15, -0.1) is 0 Å². The number of hydrogen-bond acceptors (Lipinski definition) is 4. The van der Waals surface area contributed by atoms with Crippen LogP contribution in [-0.4, -0.2) is 84.8 Å². The van der Waals surface area contributed by atoms with E-state index in [1.807, 2.05) is 0 Å². The molecule has 0 aliphatic rings. The monoisotopic (exact) mass is 405 g/mol. The van der Waals surface area contributed by atoms with Crippen LogP contribution >= 0.6 is 0 Å². The quantitative estimate of drug-likeness (QED) is 0.552. The zero-order valence-electron chi connectivity index (χ0n) is 13.8. The van der Waals surface area contributed by atoms with E-state index in [2.05, 4.69) is 0 Å². The van der Waals surface area contributed by atoms with Gasteiger partial charge in [-0.05, 0) is 42.0 Å². The predicted octanol–water partition coefficient (Wildman–Crippen LogP) is 1.72. The number of hydrogen-bond donors (Lipinski definition) is 2. The topological polar surface area (TPSA) is 46.9 Å². The Bertz CT molecular complexity index is 298. The molecule has 0 aliphatic carbocycles. The van der Waals surface area contributed by atoms with E-state index in [0.717, 1.165) is 13.8 Å². The number of likely N-dealkylation sites (N-methyl/N-ethyl adjacent to an activating group) is 2. The largest absolute Gasteiger partial charge is 0.418 e. The van der Waals surface area contributed by atoms with Gasteiger partial charge in [0, 0.05) is 30.2 Å². The molecule has 0 aromatic heterocycles. The van der Waals surface area contributed by atoms with E-state index < -0.39 is 36.6 Å². The molecule has 11 heteroatoms. The average Bonchev–Trinajstić information content (AvgIpc) is 2.09. The van der Waals surface area contributed by atoms with Gasteiger partial charge < -0.3 is 20.0 Å². The first kappa shape index (κ1) is 27.8. The third kappa shape index (κ3) is 11.2. The molecule has 0 saturated carbocycles. The van der Waals surface area contributed by atoms with E-state index in [0.29, 0.717) is 0 Å². The summed E-state index contributed by atoms with van der Waals surface area (Å²) in [4.78, 5) is 2.57. The number of halogens is 6. The molecule has 2 unspecified atom stereocenters. The Morgan fingerprint density at radius 2 is 0.826 bits per heavy atom. The third-order valence-electron chi connectivity index (χ3n) is 2.47. The molecule has 0 bridgehead atoms. The summed E-state index contributed by atoms with van der Waals surface area (Å²) >= 11 is 0. The zero-order chi connectivity index (χ0) is 18.6. The van der Waals surface area contributed by atoms with Gasteiger partial charge in [0.2, 0.25) is 0 Å². The van der Waals surface area contributed by atoms with Crippen LogP contribution in [0, 0.1) is 0 Å². The maximum atomic E-state index is 11.9. The Labute approximate surface area is 142 Å². The second-order valence-electron chi connectivity index (χ2n) is 6.02. The van der Waals surface area contributed by atoms with Crippen molar-refractivity contribution in [3.8, 4) is 0 Å². The summed E-state index contributed by atoms with van der Waals surface area (Å²) in [6, 6.07) is 0. The summed E-state index contributed by atoms with van der Waals surface area (Å²) in [7, 11) is 5.89. The minimum Gasteiger partial charge on any atom is -0.380 e. The Balaban J connectivity index is -0.000000333.